The molecule has 0 fully saturated rings. The number of aromatic nitrogens is 1. The Labute approximate surface area is 245 Å². The third-order valence-electron chi connectivity index (χ3n) is 6.13. The van der Waals surface area contributed by atoms with Crippen LogP contribution >= 0.6 is 11.8 Å². The molecule has 11 nitrogen and oxygen atoms in total. The van der Waals surface area contributed by atoms with Gasteiger partial charge >= 0.3 is 5.97 Å². The number of hydrogen-bond acceptors (Lipinski definition) is 11. The molecule has 1 aromatic heterocycles. The number of rotatable bonds is 12. The predicted octanol–water partition coefficient (Wildman–Crippen LogP) is 4.00. The Hall–Kier alpha value is -4.43. The molecule has 1 atom stereocenters. The lowest BCUT2D eigenvalue weighted by molar-refractivity contribution is -0.144. The molecule has 4 rings (SSSR count). The number of aliphatic imine (C=N–C) groups is 1. The van der Waals surface area contributed by atoms with Crippen LogP contribution < -0.4 is 20.9 Å². The van der Waals surface area contributed by atoms with Gasteiger partial charge in [-0.25, -0.2) is 9.37 Å². The Kier molecular flexibility index (Phi) is 9.80. The van der Waals surface area contributed by atoms with Gasteiger partial charge in [0.05, 0.1) is 24.9 Å². The average molecular weight is 601 g/mol. The SMILES string of the molecule is CCOC(=O)C(N)CCSc1ccc(Oc2c(F)cnc(Oc3cc(C(=N)N)ccc3O)c2F)c(C2=NCCN2C)c1. The smallest absolute Gasteiger partial charge is 0.322 e. The number of hydrogen-bond donors (Lipinski definition) is 4. The molecule has 3 aromatic rings. The molecule has 1 aliphatic heterocycles. The molecule has 1 unspecified atom stereocenters. The molecular formula is C28H30F2N6O5S. The first-order valence-electron chi connectivity index (χ1n) is 12.9. The number of carbonyl (C=O) groups is 1. The van der Waals surface area contributed by atoms with Crippen molar-refractivity contribution in [2.75, 3.05) is 32.5 Å². The Balaban J connectivity index is 1.61. The van der Waals surface area contributed by atoms with Gasteiger partial charge in [-0.3, -0.25) is 15.2 Å². The molecule has 0 aliphatic carbocycles. The fourth-order valence-electron chi connectivity index (χ4n) is 3.93. The summed E-state index contributed by atoms with van der Waals surface area (Å²) in [6, 6.07) is 8.16. The maximum Gasteiger partial charge on any atom is 0.322 e. The van der Waals surface area contributed by atoms with Crippen LogP contribution in [-0.2, 0) is 9.53 Å². The summed E-state index contributed by atoms with van der Waals surface area (Å²) in [4.78, 5) is 22.7. The Morgan fingerprint density at radius 1 is 1.21 bits per heavy atom. The number of esters is 1. The number of phenols is 1. The van der Waals surface area contributed by atoms with Crippen molar-refractivity contribution >= 4 is 29.4 Å². The standard InChI is InChI=1S/C28H30F2N6O5S/c1-3-39-28(38)19(31)8-11-42-16-5-7-21(17(13-16)26-34-9-10-36(26)2)40-24-18(29)14-35-27(23(24)30)41-22-12-15(25(32)33)4-6-20(22)37/h4-7,12-14,19,37H,3,8-11,31H2,1-2H3,(H3,32,33). The highest BCUT2D eigenvalue weighted by atomic mass is 32.2. The minimum absolute atomic E-state index is 0.131. The first-order valence-corrected chi connectivity index (χ1v) is 13.9. The number of halogens is 2. The van der Waals surface area contributed by atoms with E-state index in [2.05, 4.69) is 9.98 Å². The number of nitrogens with two attached hydrogens (primary N) is 2. The maximum absolute atomic E-state index is 15.5. The summed E-state index contributed by atoms with van der Waals surface area (Å²) in [6.07, 6.45) is 1.12. The number of amidine groups is 2. The number of phenolic OH excluding ortho intramolecular Hbond substituents is 1. The summed E-state index contributed by atoms with van der Waals surface area (Å²) in [5.41, 5.74) is 12.1. The van der Waals surface area contributed by atoms with Crippen LogP contribution in [0, 0.1) is 17.0 Å². The van der Waals surface area contributed by atoms with Gasteiger partial charge in [0.2, 0.25) is 11.6 Å². The molecule has 6 N–H and O–H groups in total. The van der Waals surface area contributed by atoms with Crippen molar-refractivity contribution in [3.8, 4) is 28.9 Å². The van der Waals surface area contributed by atoms with Crippen molar-refractivity contribution in [2.24, 2.45) is 16.5 Å². The third-order valence-corrected chi connectivity index (χ3v) is 7.15. The molecule has 14 heteroatoms. The number of nitrogen functional groups attached to an aromatic ring is 1. The van der Waals surface area contributed by atoms with E-state index in [1.54, 1.807) is 25.1 Å². The van der Waals surface area contributed by atoms with Crippen LogP contribution in [0.5, 0.6) is 28.9 Å². The molecule has 2 heterocycles. The monoisotopic (exact) mass is 600 g/mol. The van der Waals surface area contributed by atoms with Gasteiger partial charge in [0.25, 0.3) is 5.88 Å². The van der Waals surface area contributed by atoms with E-state index >= 15 is 4.39 Å². The van der Waals surface area contributed by atoms with Gasteiger partial charge in [-0.05, 0) is 49.7 Å². The van der Waals surface area contributed by atoms with E-state index in [0.29, 0.717) is 36.7 Å². The second-order valence-electron chi connectivity index (χ2n) is 9.14. The summed E-state index contributed by atoms with van der Waals surface area (Å²) in [5, 5.41) is 17.7. The molecular weight excluding hydrogens is 570 g/mol. The van der Waals surface area contributed by atoms with E-state index in [-0.39, 0.29) is 35.3 Å². The zero-order chi connectivity index (χ0) is 30.4. The quantitative estimate of drug-likeness (QED) is 0.103. The molecule has 0 saturated carbocycles. The van der Waals surface area contributed by atoms with Crippen LogP contribution in [0.15, 0.2) is 52.5 Å². The zero-order valence-corrected chi connectivity index (χ0v) is 23.7. The van der Waals surface area contributed by atoms with Gasteiger partial charge < -0.3 is 35.7 Å². The first kappa shape index (κ1) is 30.5. The van der Waals surface area contributed by atoms with E-state index in [0.717, 1.165) is 11.1 Å². The summed E-state index contributed by atoms with van der Waals surface area (Å²) >= 11 is 1.45. The van der Waals surface area contributed by atoms with Crippen molar-refractivity contribution in [1.82, 2.24) is 9.88 Å². The number of pyridine rings is 1. The van der Waals surface area contributed by atoms with Crippen LogP contribution in [-0.4, -0.2) is 71.2 Å². The van der Waals surface area contributed by atoms with Gasteiger partial charge in [0.15, 0.2) is 17.3 Å². The fraction of sp³-hybridized carbons (Fsp3) is 0.286. The van der Waals surface area contributed by atoms with Gasteiger partial charge in [-0.15, -0.1) is 11.8 Å². The topological polar surface area (TPSA) is 169 Å². The number of nitrogens with one attached hydrogen (secondary N) is 1. The zero-order valence-electron chi connectivity index (χ0n) is 22.9. The van der Waals surface area contributed by atoms with Gasteiger partial charge in [0.1, 0.15) is 23.5 Å². The van der Waals surface area contributed by atoms with E-state index in [4.69, 9.17) is 31.1 Å². The van der Waals surface area contributed by atoms with E-state index in [9.17, 15) is 14.3 Å². The van der Waals surface area contributed by atoms with Crippen molar-refractivity contribution in [3.63, 3.8) is 0 Å². The average Bonchev–Trinajstić information content (AvgIpc) is 3.39. The second kappa shape index (κ2) is 13.5. The second-order valence-corrected chi connectivity index (χ2v) is 10.3. The van der Waals surface area contributed by atoms with Crippen LogP contribution in [0.4, 0.5) is 8.78 Å². The van der Waals surface area contributed by atoms with Crippen molar-refractivity contribution in [3.05, 3.63) is 65.4 Å². The first-order chi connectivity index (χ1) is 20.1. The molecule has 0 spiro atoms. The minimum atomic E-state index is -1.25. The lowest BCUT2D eigenvalue weighted by atomic mass is 10.1. The molecule has 222 valence electrons. The van der Waals surface area contributed by atoms with E-state index in [1.165, 1.54) is 30.0 Å². The maximum atomic E-state index is 15.5. The van der Waals surface area contributed by atoms with Crippen molar-refractivity contribution in [2.45, 2.75) is 24.3 Å². The number of likely N-dealkylation sites (N-methyl/N-ethyl adjacent to an activating group) is 1. The summed E-state index contributed by atoms with van der Waals surface area (Å²) in [6.45, 7) is 3.15. The number of thioether (sulfide) groups is 1. The van der Waals surface area contributed by atoms with Gasteiger partial charge in [-0.2, -0.15) is 4.39 Å². The van der Waals surface area contributed by atoms with Gasteiger partial charge in [-0.1, -0.05) is 0 Å². The van der Waals surface area contributed by atoms with E-state index < -0.39 is 35.3 Å². The summed E-state index contributed by atoms with van der Waals surface area (Å²) < 4.78 is 46.5. The van der Waals surface area contributed by atoms with Crippen LogP contribution in [0.3, 0.4) is 0 Å². The number of aromatic hydroxyl groups is 1. The highest BCUT2D eigenvalue weighted by Crippen LogP contribution is 2.38. The highest BCUT2D eigenvalue weighted by Gasteiger charge is 2.25. The third kappa shape index (κ3) is 7.06. The number of nitrogens with zero attached hydrogens (tertiary/aromatic N) is 3. The molecule has 1 aliphatic rings. The summed E-state index contributed by atoms with van der Waals surface area (Å²) in [5.74, 6) is -3.90. The van der Waals surface area contributed by atoms with Crippen LogP contribution in [0.25, 0.3) is 0 Å². The molecule has 0 saturated heterocycles. The summed E-state index contributed by atoms with van der Waals surface area (Å²) in [7, 11) is 1.84. The van der Waals surface area contributed by atoms with Crippen molar-refractivity contribution < 1.29 is 32.9 Å². The molecule has 0 bridgehead atoms. The number of benzene rings is 2. The van der Waals surface area contributed by atoms with Crippen LogP contribution in [0.2, 0.25) is 0 Å². The lowest BCUT2D eigenvalue weighted by Gasteiger charge is -2.19. The molecule has 0 amide bonds. The fourth-order valence-corrected chi connectivity index (χ4v) is 4.90. The largest absolute Gasteiger partial charge is 0.504 e. The van der Waals surface area contributed by atoms with Crippen LogP contribution in [0.1, 0.15) is 24.5 Å². The Bertz CT molecular complexity index is 1520. The minimum Gasteiger partial charge on any atom is -0.504 e. The van der Waals surface area contributed by atoms with E-state index in [1.807, 2.05) is 11.9 Å². The number of carbonyl (C=O) groups excluding carboxylic acids is 1. The lowest BCUT2D eigenvalue weighted by Crippen LogP contribution is -2.32. The molecule has 0 radical (unpaired) electrons. The molecule has 42 heavy (non-hydrogen) atoms. The molecule has 2 aromatic carbocycles. The predicted molar refractivity (Wildman–Crippen MR) is 154 cm³/mol. The Morgan fingerprint density at radius 3 is 2.69 bits per heavy atom. The highest BCUT2D eigenvalue weighted by molar-refractivity contribution is 7.99. The van der Waals surface area contributed by atoms with Crippen molar-refractivity contribution in [1.29, 1.82) is 5.41 Å². The number of ether oxygens (including phenoxy) is 3. The normalized spacial score (nSPS) is 13.5. The van der Waals surface area contributed by atoms with Gasteiger partial charge in [0, 0.05) is 29.8 Å². The Morgan fingerprint density at radius 2 is 2.00 bits per heavy atom.